The van der Waals surface area contributed by atoms with E-state index in [0.717, 1.165) is 51.0 Å². The summed E-state index contributed by atoms with van der Waals surface area (Å²) in [5, 5.41) is 3.64. The lowest BCUT2D eigenvalue weighted by molar-refractivity contribution is 0.157. The summed E-state index contributed by atoms with van der Waals surface area (Å²) in [6, 6.07) is 8.85. The minimum Gasteiger partial charge on any atom is -0.497 e. The molecule has 0 radical (unpaired) electrons. The van der Waals surface area contributed by atoms with Crippen LogP contribution in [0.25, 0.3) is 0 Å². The first-order chi connectivity index (χ1) is 13.2. The summed E-state index contributed by atoms with van der Waals surface area (Å²) in [5.74, 6) is 2.51. The largest absolute Gasteiger partial charge is 0.497 e. The van der Waals surface area contributed by atoms with Crippen molar-refractivity contribution < 1.29 is 9.47 Å². The zero-order valence-corrected chi connectivity index (χ0v) is 17.0. The van der Waals surface area contributed by atoms with Crippen LogP contribution >= 0.6 is 0 Å². The maximum Gasteiger partial charge on any atom is 0.193 e. The molecule has 2 aliphatic heterocycles. The molecule has 2 heterocycles. The van der Waals surface area contributed by atoms with Gasteiger partial charge < -0.3 is 19.7 Å². The lowest BCUT2D eigenvalue weighted by atomic mass is 10.1. The lowest BCUT2D eigenvalue weighted by Crippen LogP contribution is -2.44. The summed E-state index contributed by atoms with van der Waals surface area (Å²) in [6.07, 6.45) is 3.74. The van der Waals surface area contributed by atoms with Crippen LogP contribution in [0.4, 0.5) is 0 Å². The van der Waals surface area contributed by atoms with Gasteiger partial charge in [0.25, 0.3) is 0 Å². The summed E-state index contributed by atoms with van der Waals surface area (Å²) in [7, 11) is 5.38. The molecule has 2 saturated heterocycles. The summed E-state index contributed by atoms with van der Waals surface area (Å²) in [4.78, 5) is 9.48. The topological polar surface area (TPSA) is 49.3 Å². The second kappa shape index (κ2) is 9.95. The van der Waals surface area contributed by atoms with Gasteiger partial charge in [0.2, 0.25) is 0 Å². The molecule has 0 bridgehead atoms. The smallest absolute Gasteiger partial charge is 0.193 e. The summed E-state index contributed by atoms with van der Waals surface area (Å²) >= 11 is 0. The molecule has 150 valence electrons. The first-order valence-corrected chi connectivity index (χ1v) is 10.1. The standard InChI is InChI=1S/C21H34N4O2/c1-22-21(25-13-10-17(15-25)16-26-2)23-14-20(24-11-4-5-12-24)18-6-8-19(27-3)9-7-18/h6-9,17,20H,4-5,10-16H2,1-3H3,(H,22,23). The van der Waals surface area contributed by atoms with Gasteiger partial charge in [-0.2, -0.15) is 0 Å². The average Bonchev–Trinajstić information content (AvgIpc) is 3.38. The number of aliphatic imine (C=N–C) groups is 1. The number of likely N-dealkylation sites (tertiary alicyclic amines) is 2. The fourth-order valence-electron chi connectivity index (χ4n) is 4.25. The number of nitrogens with zero attached hydrogens (tertiary/aromatic N) is 3. The van der Waals surface area contributed by atoms with Crippen LogP contribution in [-0.4, -0.2) is 76.4 Å². The Morgan fingerprint density at radius 2 is 1.93 bits per heavy atom. The Kier molecular flexibility index (Phi) is 7.35. The van der Waals surface area contributed by atoms with Crippen LogP contribution in [0.1, 0.15) is 30.9 Å². The number of hydrogen-bond donors (Lipinski definition) is 1. The molecule has 0 aromatic heterocycles. The molecule has 2 aliphatic rings. The van der Waals surface area contributed by atoms with Crippen LogP contribution in [0.2, 0.25) is 0 Å². The Balaban J connectivity index is 1.64. The fraction of sp³-hybridized carbons (Fsp3) is 0.667. The van der Waals surface area contributed by atoms with Gasteiger partial charge in [0.05, 0.1) is 19.8 Å². The minimum atomic E-state index is 0.354. The number of guanidine groups is 1. The molecule has 6 heteroatoms. The Labute approximate surface area is 163 Å². The van der Waals surface area contributed by atoms with Crippen LogP contribution in [0.3, 0.4) is 0 Å². The van der Waals surface area contributed by atoms with Crippen molar-refractivity contribution in [1.29, 1.82) is 0 Å². The number of rotatable bonds is 7. The SMILES string of the molecule is CN=C(NCC(c1ccc(OC)cc1)N1CCCC1)N1CCC(COC)C1. The van der Waals surface area contributed by atoms with E-state index in [2.05, 4.69) is 44.4 Å². The first kappa shape index (κ1) is 20.0. The lowest BCUT2D eigenvalue weighted by Gasteiger charge is -2.30. The number of nitrogens with one attached hydrogen (secondary N) is 1. The van der Waals surface area contributed by atoms with Crippen LogP contribution in [0.5, 0.6) is 5.75 Å². The molecular weight excluding hydrogens is 340 g/mol. The highest BCUT2D eigenvalue weighted by Crippen LogP contribution is 2.26. The Bertz CT molecular complexity index is 599. The summed E-state index contributed by atoms with van der Waals surface area (Å²) in [5.41, 5.74) is 1.33. The number of methoxy groups -OCH3 is 2. The quantitative estimate of drug-likeness (QED) is 0.587. The molecule has 2 fully saturated rings. The van der Waals surface area contributed by atoms with E-state index in [1.807, 2.05) is 7.05 Å². The third-order valence-corrected chi connectivity index (χ3v) is 5.74. The number of hydrogen-bond acceptors (Lipinski definition) is 4. The summed E-state index contributed by atoms with van der Waals surface area (Å²) in [6.45, 7) is 6.09. The normalized spacial score (nSPS) is 22.3. The fourth-order valence-corrected chi connectivity index (χ4v) is 4.25. The average molecular weight is 375 g/mol. The molecule has 27 heavy (non-hydrogen) atoms. The number of ether oxygens (including phenoxy) is 2. The molecular formula is C21H34N4O2. The Morgan fingerprint density at radius 1 is 1.19 bits per heavy atom. The third-order valence-electron chi connectivity index (χ3n) is 5.74. The predicted octanol–water partition coefficient (Wildman–Crippen LogP) is 2.38. The predicted molar refractivity (Wildman–Crippen MR) is 109 cm³/mol. The van der Waals surface area contributed by atoms with E-state index >= 15 is 0 Å². The van der Waals surface area contributed by atoms with Gasteiger partial charge in [0.1, 0.15) is 5.75 Å². The van der Waals surface area contributed by atoms with Crippen molar-refractivity contribution in [2.24, 2.45) is 10.9 Å². The maximum atomic E-state index is 5.33. The molecule has 1 aromatic rings. The molecule has 0 aliphatic carbocycles. The van der Waals surface area contributed by atoms with E-state index in [4.69, 9.17) is 9.47 Å². The second-order valence-electron chi connectivity index (χ2n) is 7.52. The molecule has 6 nitrogen and oxygen atoms in total. The van der Waals surface area contributed by atoms with Crippen molar-refractivity contribution in [2.75, 3.05) is 60.6 Å². The Hall–Kier alpha value is -1.79. The molecule has 1 N–H and O–H groups in total. The van der Waals surface area contributed by atoms with E-state index in [0.29, 0.717) is 12.0 Å². The van der Waals surface area contributed by atoms with Crippen LogP contribution in [-0.2, 0) is 4.74 Å². The molecule has 0 saturated carbocycles. The van der Waals surface area contributed by atoms with Gasteiger partial charge in [0, 0.05) is 39.7 Å². The van der Waals surface area contributed by atoms with Gasteiger partial charge in [-0.1, -0.05) is 12.1 Å². The van der Waals surface area contributed by atoms with E-state index in [1.165, 1.54) is 24.8 Å². The monoisotopic (exact) mass is 374 g/mol. The number of benzene rings is 1. The van der Waals surface area contributed by atoms with Gasteiger partial charge in [-0.3, -0.25) is 9.89 Å². The molecule has 3 rings (SSSR count). The molecule has 1 aromatic carbocycles. The van der Waals surface area contributed by atoms with Crippen LogP contribution < -0.4 is 10.1 Å². The van der Waals surface area contributed by atoms with Crippen molar-refractivity contribution in [1.82, 2.24) is 15.1 Å². The van der Waals surface area contributed by atoms with Gasteiger partial charge in [-0.05, 0) is 50.0 Å². The van der Waals surface area contributed by atoms with Gasteiger partial charge in [-0.25, -0.2) is 0 Å². The zero-order valence-electron chi connectivity index (χ0n) is 17.0. The molecule has 0 amide bonds. The Morgan fingerprint density at radius 3 is 2.56 bits per heavy atom. The van der Waals surface area contributed by atoms with Crippen LogP contribution in [0, 0.1) is 5.92 Å². The van der Waals surface area contributed by atoms with E-state index < -0.39 is 0 Å². The van der Waals surface area contributed by atoms with Crippen molar-refractivity contribution in [3.8, 4) is 5.75 Å². The highest BCUT2D eigenvalue weighted by atomic mass is 16.5. The molecule has 0 spiro atoms. The van der Waals surface area contributed by atoms with Gasteiger partial charge in [-0.15, -0.1) is 0 Å². The highest BCUT2D eigenvalue weighted by molar-refractivity contribution is 5.80. The maximum absolute atomic E-state index is 5.33. The third kappa shape index (κ3) is 5.14. The summed E-state index contributed by atoms with van der Waals surface area (Å²) < 4.78 is 10.6. The highest BCUT2D eigenvalue weighted by Gasteiger charge is 2.27. The van der Waals surface area contributed by atoms with Crippen molar-refractivity contribution in [2.45, 2.75) is 25.3 Å². The van der Waals surface area contributed by atoms with E-state index in [1.54, 1.807) is 14.2 Å². The van der Waals surface area contributed by atoms with Crippen molar-refractivity contribution in [3.05, 3.63) is 29.8 Å². The van der Waals surface area contributed by atoms with Gasteiger partial charge >= 0.3 is 0 Å². The molecule has 2 unspecified atom stereocenters. The van der Waals surface area contributed by atoms with E-state index in [-0.39, 0.29) is 0 Å². The van der Waals surface area contributed by atoms with Crippen molar-refractivity contribution >= 4 is 5.96 Å². The van der Waals surface area contributed by atoms with E-state index in [9.17, 15) is 0 Å². The zero-order chi connectivity index (χ0) is 19.1. The van der Waals surface area contributed by atoms with Crippen LogP contribution in [0.15, 0.2) is 29.3 Å². The first-order valence-electron chi connectivity index (χ1n) is 10.1. The van der Waals surface area contributed by atoms with Gasteiger partial charge in [0.15, 0.2) is 5.96 Å². The molecule has 2 atom stereocenters. The minimum absolute atomic E-state index is 0.354. The van der Waals surface area contributed by atoms with Crippen molar-refractivity contribution in [3.63, 3.8) is 0 Å². The second-order valence-corrected chi connectivity index (χ2v) is 7.52.